The number of rotatable bonds is 6. The number of carbonyl (C=O) groups excluding carboxylic acids is 1. The highest BCUT2D eigenvalue weighted by molar-refractivity contribution is 6.11. The molecular weight excluding hydrogens is 468 g/mol. The Hall–Kier alpha value is -2.43. The van der Waals surface area contributed by atoms with Gasteiger partial charge in [-0.25, -0.2) is 0 Å². The van der Waals surface area contributed by atoms with Gasteiger partial charge in [0.15, 0.2) is 11.9 Å². The van der Waals surface area contributed by atoms with Crippen LogP contribution in [0.4, 0.5) is 0 Å². The van der Waals surface area contributed by atoms with Gasteiger partial charge in [-0.1, -0.05) is 6.92 Å². The van der Waals surface area contributed by atoms with Crippen LogP contribution in [0, 0.1) is 6.92 Å². The first-order valence-corrected chi connectivity index (χ1v) is 12.6. The van der Waals surface area contributed by atoms with Crippen molar-refractivity contribution in [1.29, 1.82) is 0 Å². The van der Waals surface area contributed by atoms with Gasteiger partial charge < -0.3 is 38.3 Å². The van der Waals surface area contributed by atoms with Crippen LogP contribution in [0.2, 0.25) is 0 Å². The van der Waals surface area contributed by atoms with E-state index in [9.17, 15) is 9.90 Å². The molecule has 3 fully saturated rings. The van der Waals surface area contributed by atoms with E-state index in [4.69, 9.17) is 33.2 Å². The zero-order chi connectivity index (χ0) is 25.0. The molecular formula is C27H30O9. The maximum absolute atomic E-state index is 12.9. The van der Waals surface area contributed by atoms with Crippen LogP contribution in [0.15, 0.2) is 6.07 Å². The largest absolute Gasteiger partial charge is 0.506 e. The van der Waals surface area contributed by atoms with Crippen molar-refractivity contribution in [3.63, 3.8) is 0 Å². The van der Waals surface area contributed by atoms with Crippen molar-refractivity contribution < 1.29 is 43.1 Å². The van der Waals surface area contributed by atoms with Crippen molar-refractivity contribution >= 4 is 16.6 Å². The van der Waals surface area contributed by atoms with Crippen LogP contribution in [-0.2, 0) is 30.1 Å². The van der Waals surface area contributed by atoms with Gasteiger partial charge in [-0.15, -0.1) is 0 Å². The number of phenols is 1. The van der Waals surface area contributed by atoms with E-state index in [-0.39, 0.29) is 18.1 Å². The molecule has 9 heteroatoms. The first-order chi connectivity index (χ1) is 17.4. The molecule has 1 spiro atoms. The molecule has 4 aliphatic heterocycles. The molecule has 36 heavy (non-hydrogen) atoms. The van der Waals surface area contributed by atoms with E-state index in [0.29, 0.717) is 53.9 Å². The molecule has 1 aliphatic carbocycles. The minimum absolute atomic E-state index is 0.0898. The monoisotopic (exact) mass is 498 g/mol. The molecule has 2 aromatic carbocycles. The van der Waals surface area contributed by atoms with Crippen LogP contribution in [0.25, 0.3) is 10.8 Å². The van der Waals surface area contributed by atoms with Gasteiger partial charge in [0.2, 0.25) is 11.4 Å². The number of phenolic OH excluding ortho intramolecular Hbond substituents is 1. The van der Waals surface area contributed by atoms with Crippen molar-refractivity contribution in [3.8, 4) is 17.2 Å². The summed E-state index contributed by atoms with van der Waals surface area (Å²) in [5.74, 6) is -1.67. The van der Waals surface area contributed by atoms with Crippen LogP contribution < -0.4 is 9.47 Å². The van der Waals surface area contributed by atoms with Gasteiger partial charge >= 0.3 is 0 Å². The number of epoxide rings is 1. The molecule has 192 valence electrons. The molecule has 5 aliphatic rings. The number of benzene rings is 2. The second-order valence-corrected chi connectivity index (χ2v) is 10.3. The molecule has 0 aromatic heterocycles. The lowest BCUT2D eigenvalue weighted by Gasteiger charge is -2.48. The second-order valence-electron chi connectivity index (χ2n) is 10.3. The van der Waals surface area contributed by atoms with Crippen molar-refractivity contribution in [3.05, 3.63) is 28.3 Å². The molecule has 1 N–H and O–H groups in total. The Morgan fingerprint density at radius 2 is 2.03 bits per heavy atom. The normalized spacial score (nSPS) is 35.2. The smallest absolute Gasteiger partial charge is 0.276 e. The van der Waals surface area contributed by atoms with E-state index in [1.165, 1.54) is 0 Å². The zero-order valence-corrected chi connectivity index (χ0v) is 20.9. The highest BCUT2D eigenvalue weighted by Crippen LogP contribution is 2.71. The zero-order valence-electron chi connectivity index (χ0n) is 20.9. The lowest BCUT2D eigenvalue weighted by Crippen LogP contribution is -2.68. The van der Waals surface area contributed by atoms with E-state index >= 15 is 0 Å². The minimum atomic E-state index is -1.31. The third-order valence-corrected chi connectivity index (χ3v) is 8.51. The Morgan fingerprint density at radius 3 is 2.72 bits per heavy atom. The lowest BCUT2D eigenvalue weighted by molar-refractivity contribution is -0.297. The molecule has 7 rings (SSSR count). The first-order valence-electron chi connectivity index (χ1n) is 12.6. The minimum Gasteiger partial charge on any atom is -0.506 e. The second kappa shape index (κ2) is 7.33. The molecule has 0 amide bonds. The molecule has 3 saturated heterocycles. The number of hydrogen-bond donors (Lipinski definition) is 1. The van der Waals surface area contributed by atoms with Crippen molar-refractivity contribution in [2.45, 2.75) is 68.9 Å². The Morgan fingerprint density at radius 1 is 1.22 bits per heavy atom. The van der Waals surface area contributed by atoms with E-state index in [1.807, 2.05) is 19.9 Å². The van der Waals surface area contributed by atoms with Gasteiger partial charge in [0, 0.05) is 36.7 Å². The van der Waals surface area contributed by atoms with E-state index in [2.05, 4.69) is 0 Å². The van der Waals surface area contributed by atoms with Gasteiger partial charge in [-0.2, -0.15) is 0 Å². The van der Waals surface area contributed by atoms with Crippen molar-refractivity contribution in [2.75, 3.05) is 34.0 Å². The Balaban J connectivity index is 1.49. The number of methoxy groups -OCH3 is 2. The third-order valence-electron chi connectivity index (χ3n) is 8.51. The number of aromatic hydroxyl groups is 1. The number of Topliss-reactive ketones (excluding diaryl/α,β-unsaturated/α-hetero) is 1. The van der Waals surface area contributed by atoms with Gasteiger partial charge in [-0.05, 0) is 37.8 Å². The molecule has 9 nitrogen and oxygen atoms in total. The van der Waals surface area contributed by atoms with E-state index in [0.717, 1.165) is 29.5 Å². The molecule has 2 bridgehead atoms. The highest BCUT2D eigenvalue weighted by Gasteiger charge is 2.91. The summed E-state index contributed by atoms with van der Waals surface area (Å²) in [4.78, 5) is 12.9. The average molecular weight is 499 g/mol. The van der Waals surface area contributed by atoms with Crippen molar-refractivity contribution in [1.82, 2.24) is 0 Å². The highest BCUT2D eigenvalue weighted by atomic mass is 16.9. The number of ketones is 1. The first kappa shape index (κ1) is 22.7. The Labute approximate surface area is 208 Å². The fraction of sp³-hybridized carbons (Fsp3) is 0.593. The summed E-state index contributed by atoms with van der Waals surface area (Å²) in [6.07, 6.45) is 1.49. The van der Waals surface area contributed by atoms with Gasteiger partial charge in [0.05, 0.1) is 24.7 Å². The summed E-state index contributed by atoms with van der Waals surface area (Å²) in [5.41, 5.74) is 1.70. The molecule has 4 heterocycles. The third kappa shape index (κ3) is 2.41. The molecule has 2 aromatic rings. The summed E-state index contributed by atoms with van der Waals surface area (Å²) in [5, 5.41) is 12.7. The van der Waals surface area contributed by atoms with Crippen molar-refractivity contribution in [2.24, 2.45) is 0 Å². The summed E-state index contributed by atoms with van der Waals surface area (Å²) in [7, 11) is 3.16. The number of fused-ring (bicyclic) bond motifs is 8. The number of hydrogen-bond acceptors (Lipinski definition) is 9. The van der Waals surface area contributed by atoms with Gasteiger partial charge in [0.1, 0.15) is 30.0 Å². The number of carbonyl (C=O) groups is 1. The summed E-state index contributed by atoms with van der Waals surface area (Å²) in [6.45, 7) is 5.08. The predicted molar refractivity (Wildman–Crippen MR) is 126 cm³/mol. The fourth-order valence-electron chi connectivity index (χ4n) is 6.92. The lowest BCUT2D eigenvalue weighted by atomic mass is 9.78. The Kier molecular flexibility index (Phi) is 4.63. The predicted octanol–water partition coefficient (Wildman–Crippen LogP) is 3.48. The standard InChI is InChI=1S/C27H30O9/c1-5-9-32-12-26-25(11-33-25)27(31-4)24(36-26)23(34-26)17-13(2)10-15-19(22(17)35-27)20(29)18-14(21(15)30-3)7-6-8-16(18)28/h10,23-24,29H,5-9,11-12H2,1-4H3/t23?,24-,25-,26-,27-/m1/s1. The molecule has 5 atom stereocenters. The van der Waals surface area contributed by atoms with Gasteiger partial charge in [0.25, 0.3) is 5.79 Å². The van der Waals surface area contributed by atoms with Crippen LogP contribution in [0.1, 0.15) is 59.3 Å². The Bertz CT molecular complexity index is 1310. The van der Waals surface area contributed by atoms with E-state index < -0.39 is 29.4 Å². The molecule has 0 radical (unpaired) electrons. The van der Waals surface area contributed by atoms with Gasteiger partial charge in [-0.3, -0.25) is 4.79 Å². The molecule has 0 saturated carbocycles. The van der Waals surface area contributed by atoms with Crippen LogP contribution in [0.5, 0.6) is 17.2 Å². The fourth-order valence-corrected chi connectivity index (χ4v) is 6.92. The van der Waals surface area contributed by atoms with Crippen LogP contribution >= 0.6 is 0 Å². The quantitative estimate of drug-likeness (QED) is 0.473. The molecule has 1 unspecified atom stereocenters. The van der Waals surface area contributed by atoms with E-state index in [1.54, 1.807) is 14.2 Å². The summed E-state index contributed by atoms with van der Waals surface area (Å²) >= 11 is 0. The number of aryl methyl sites for hydroxylation is 1. The summed E-state index contributed by atoms with van der Waals surface area (Å²) in [6, 6.07) is 1.97. The van der Waals surface area contributed by atoms with Crippen LogP contribution in [0.3, 0.4) is 0 Å². The topological polar surface area (TPSA) is 105 Å². The number of ether oxygens (including phenoxy) is 7. The summed E-state index contributed by atoms with van der Waals surface area (Å²) < 4.78 is 43.7. The SMILES string of the molecule is CCCOC[C@@]12OC3c4c(C)cc5c(OC)c6c(c(O)c5c4O[C@](OC)([C@@H]3O1)[C@@]21CO1)C(=O)CCC6. The maximum atomic E-state index is 12.9. The average Bonchev–Trinajstić information content (AvgIpc) is 3.53. The maximum Gasteiger partial charge on any atom is 0.276 e. The van der Waals surface area contributed by atoms with Crippen LogP contribution in [-0.4, -0.2) is 68.2 Å².